The average Bonchev–Trinajstić information content (AvgIpc) is 2.32. The van der Waals surface area contributed by atoms with Crippen molar-refractivity contribution < 1.29 is 0 Å². The normalized spacial score (nSPS) is 10.1. The Kier molecular flexibility index (Phi) is 3.58. The second-order valence-corrected chi connectivity index (χ2v) is 4.64. The lowest BCUT2D eigenvalue weighted by Crippen LogP contribution is -2.13. The number of nitrogens with one attached hydrogen (secondary N) is 1. The van der Waals surface area contributed by atoms with Gasteiger partial charge in [-0.2, -0.15) is 0 Å². The largest absolute Gasteiger partial charge is 0.389 e. The highest BCUT2D eigenvalue weighted by Crippen LogP contribution is 2.19. The van der Waals surface area contributed by atoms with Crippen LogP contribution in [0.15, 0.2) is 36.4 Å². The van der Waals surface area contributed by atoms with Gasteiger partial charge in [-0.1, -0.05) is 29.9 Å². The Morgan fingerprint density at radius 1 is 1.11 bits per heavy atom. The lowest BCUT2D eigenvalue weighted by atomic mass is 10.2. The number of nitrogens with zero attached hydrogens (tertiary/aromatic N) is 1. The molecule has 1 heterocycles. The first-order valence-electron chi connectivity index (χ1n) is 5.67. The van der Waals surface area contributed by atoms with Gasteiger partial charge in [0.25, 0.3) is 0 Å². The van der Waals surface area contributed by atoms with E-state index in [0.29, 0.717) is 10.8 Å². The Morgan fingerprint density at radius 2 is 1.78 bits per heavy atom. The fraction of sp³-hybridized carbons (Fsp3) is 0.143. The summed E-state index contributed by atoms with van der Waals surface area (Å²) in [5.41, 5.74) is 9.56. The standard InChI is InChI=1S/C14H15N3S/c1-9-3-6-11(7-4-9)17-14-12(13(15)18)8-5-10(2)16-14/h3-8H,1-2H3,(H2,15,18)(H,16,17). The third-order valence-electron chi connectivity index (χ3n) is 2.61. The number of thiocarbonyl (C=S) groups is 1. The summed E-state index contributed by atoms with van der Waals surface area (Å²) in [4.78, 5) is 4.78. The summed E-state index contributed by atoms with van der Waals surface area (Å²) in [6, 6.07) is 11.9. The fourth-order valence-corrected chi connectivity index (χ4v) is 1.79. The molecule has 0 bridgehead atoms. The zero-order chi connectivity index (χ0) is 13.1. The predicted octanol–water partition coefficient (Wildman–Crippen LogP) is 3.08. The summed E-state index contributed by atoms with van der Waals surface area (Å²) < 4.78 is 0. The van der Waals surface area contributed by atoms with Crippen LogP contribution in [0.3, 0.4) is 0 Å². The number of aryl methyl sites for hydroxylation is 2. The van der Waals surface area contributed by atoms with Gasteiger partial charge in [0, 0.05) is 11.4 Å². The number of pyridine rings is 1. The second kappa shape index (κ2) is 5.14. The minimum atomic E-state index is 0.345. The number of nitrogens with two attached hydrogens (primary N) is 1. The van der Waals surface area contributed by atoms with Gasteiger partial charge < -0.3 is 11.1 Å². The first-order chi connectivity index (χ1) is 8.56. The summed E-state index contributed by atoms with van der Waals surface area (Å²) in [5.74, 6) is 0.700. The smallest absolute Gasteiger partial charge is 0.140 e. The van der Waals surface area contributed by atoms with Gasteiger partial charge >= 0.3 is 0 Å². The van der Waals surface area contributed by atoms with Crippen LogP contribution in [0.4, 0.5) is 11.5 Å². The van der Waals surface area contributed by atoms with E-state index in [-0.39, 0.29) is 0 Å². The number of hydrogen-bond acceptors (Lipinski definition) is 3. The molecule has 1 aromatic heterocycles. The van der Waals surface area contributed by atoms with Gasteiger partial charge in [0.1, 0.15) is 10.8 Å². The zero-order valence-corrected chi connectivity index (χ0v) is 11.2. The molecule has 0 spiro atoms. The van der Waals surface area contributed by atoms with Crippen molar-refractivity contribution in [1.29, 1.82) is 0 Å². The molecule has 0 aliphatic heterocycles. The molecular weight excluding hydrogens is 242 g/mol. The minimum absolute atomic E-state index is 0.345. The monoisotopic (exact) mass is 257 g/mol. The summed E-state index contributed by atoms with van der Waals surface area (Å²) in [6.07, 6.45) is 0. The maximum atomic E-state index is 5.69. The number of aromatic nitrogens is 1. The molecule has 1 aromatic carbocycles. The van der Waals surface area contributed by atoms with Crippen LogP contribution in [0.2, 0.25) is 0 Å². The number of hydrogen-bond donors (Lipinski definition) is 2. The van der Waals surface area contributed by atoms with Crippen LogP contribution in [-0.4, -0.2) is 9.97 Å². The third kappa shape index (κ3) is 2.84. The molecule has 0 saturated carbocycles. The summed E-state index contributed by atoms with van der Waals surface area (Å²) in [6.45, 7) is 3.98. The molecular formula is C14H15N3S. The number of anilines is 2. The topological polar surface area (TPSA) is 50.9 Å². The first-order valence-corrected chi connectivity index (χ1v) is 6.08. The first kappa shape index (κ1) is 12.5. The van der Waals surface area contributed by atoms with Crippen molar-refractivity contribution in [2.24, 2.45) is 5.73 Å². The number of benzene rings is 1. The zero-order valence-electron chi connectivity index (χ0n) is 10.4. The minimum Gasteiger partial charge on any atom is -0.389 e. The van der Waals surface area contributed by atoms with Gasteiger partial charge in [-0.05, 0) is 38.1 Å². The van der Waals surface area contributed by atoms with Gasteiger partial charge in [-0.3, -0.25) is 0 Å². The van der Waals surface area contributed by atoms with Crippen LogP contribution in [0, 0.1) is 13.8 Å². The van der Waals surface area contributed by atoms with Gasteiger partial charge in [-0.15, -0.1) is 0 Å². The Balaban J connectivity index is 2.35. The predicted molar refractivity (Wildman–Crippen MR) is 79.3 cm³/mol. The lowest BCUT2D eigenvalue weighted by Gasteiger charge is -2.11. The molecule has 2 aromatic rings. The average molecular weight is 257 g/mol. The Labute approximate surface area is 112 Å². The fourth-order valence-electron chi connectivity index (χ4n) is 1.62. The molecule has 2 rings (SSSR count). The van der Waals surface area contributed by atoms with Gasteiger partial charge in [-0.25, -0.2) is 4.98 Å². The van der Waals surface area contributed by atoms with E-state index in [2.05, 4.69) is 17.2 Å². The molecule has 0 aliphatic carbocycles. The molecule has 92 valence electrons. The molecule has 0 fully saturated rings. The molecule has 0 saturated heterocycles. The summed E-state index contributed by atoms with van der Waals surface area (Å²) in [7, 11) is 0. The van der Waals surface area contributed by atoms with E-state index >= 15 is 0 Å². The molecule has 0 amide bonds. The van der Waals surface area contributed by atoms with Crippen molar-refractivity contribution in [2.45, 2.75) is 13.8 Å². The molecule has 0 radical (unpaired) electrons. The van der Waals surface area contributed by atoms with Crippen molar-refractivity contribution in [3.63, 3.8) is 0 Å². The molecule has 3 N–H and O–H groups in total. The van der Waals surface area contributed by atoms with Crippen LogP contribution in [-0.2, 0) is 0 Å². The molecule has 0 unspecified atom stereocenters. The summed E-state index contributed by atoms with van der Waals surface area (Å²) >= 11 is 5.03. The van der Waals surface area contributed by atoms with Crippen LogP contribution < -0.4 is 11.1 Å². The molecule has 0 aliphatic rings. The van der Waals surface area contributed by atoms with Crippen molar-refractivity contribution in [1.82, 2.24) is 4.98 Å². The highest BCUT2D eigenvalue weighted by atomic mass is 32.1. The molecule has 3 nitrogen and oxygen atoms in total. The van der Waals surface area contributed by atoms with Crippen molar-refractivity contribution in [2.75, 3.05) is 5.32 Å². The SMILES string of the molecule is Cc1ccc(Nc2nc(C)ccc2C(N)=S)cc1. The van der Waals surface area contributed by atoms with Gasteiger partial charge in [0.15, 0.2) is 0 Å². The van der Waals surface area contributed by atoms with Crippen molar-refractivity contribution in [3.8, 4) is 0 Å². The van der Waals surface area contributed by atoms with E-state index in [1.807, 2.05) is 43.3 Å². The van der Waals surface area contributed by atoms with Crippen LogP contribution in [0.25, 0.3) is 0 Å². The second-order valence-electron chi connectivity index (χ2n) is 4.20. The maximum absolute atomic E-state index is 5.69. The Bertz CT molecular complexity index is 576. The van der Waals surface area contributed by atoms with Crippen molar-refractivity contribution >= 4 is 28.7 Å². The van der Waals surface area contributed by atoms with Crippen molar-refractivity contribution in [3.05, 3.63) is 53.2 Å². The van der Waals surface area contributed by atoms with E-state index in [4.69, 9.17) is 18.0 Å². The van der Waals surface area contributed by atoms with E-state index in [1.54, 1.807) is 0 Å². The van der Waals surface area contributed by atoms with Crippen LogP contribution in [0.1, 0.15) is 16.8 Å². The molecule has 4 heteroatoms. The molecule has 0 atom stereocenters. The van der Waals surface area contributed by atoms with Gasteiger partial charge in [0.2, 0.25) is 0 Å². The van der Waals surface area contributed by atoms with E-state index in [1.165, 1.54) is 5.56 Å². The summed E-state index contributed by atoms with van der Waals surface area (Å²) in [5, 5.41) is 3.24. The molecule has 18 heavy (non-hydrogen) atoms. The van der Waals surface area contributed by atoms with Crippen LogP contribution >= 0.6 is 12.2 Å². The third-order valence-corrected chi connectivity index (χ3v) is 2.83. The lowest BCUT2D eigenvalue weighted by molar-refractivity contribution is 1.19. The number of rotatable bonds is 3. The highest BCUT2D eigenvalue weighted by Gasteiger charge is 2.07. The van der Waals surface area contributed by atoms with E-state index in [9.17, 15) is 0 Å². The Hall–Kier alpha value is -1.94. The van der Waals surface area contributed by atoms with E-state index < -0.39 is 0 Å². The Morgan fingerprint density at radius 3 is 2.39 bits per heavy atom. The quantitative estimate of drug-likeness (QED) is 0.830. The van der Waals surface area contributed by atoms with E-state index in [0.717, 1.165) is 16.9 Å². The van der Waals surface area contributed by atoms with Gasteiger partial charge in [0.05, 0.1) is 5.56 Å². The maximum Gasteiger partial charge on any atom is 0.140 e. The highest BCUT2D eigenvalue weighted by molar-refractivity contribution is 7.80. The van der Waals surface area contributed by atoms with Crippen LogP contribution in [0.5, 0.6) is 0 Å².